The van der Waals surface area contributed by atoms with Gasteiger partial charge >= 0.3 is 6.02 Å². The average molecular weight is 485 g/mol. The molecule has 35 heavy (non-hydrogen) atoms. The summed E-state index contributed by atoms with van der Waals surface area (Å²) in [6, 6.07) is 5.66. The van der Waals surface area contributed by atoms with Gasteiger partial charge in [0.25, 0.3) is 0 Å². The zero-order chi connectivity index (χ0) is 24.0. The lowest BCUT2D eigenvalue weighted by Crippen LogP contribution is -2.64. The van der Waals surface area contributed by atoms with E-state index in [2.05, 4.69) is 16.1 Å². The molecule has 5 aliphatic rings. The van der Waals surface area contributed by atoms with E-state index >= 15 is 0 Å². The lowest BCUT2D eigenvalue weighted by Gasteiger charge is -2.52. The molecule has 4 saturated heterocycles. The van der Waals surface area contributed by atoms with Crippen LogP contribution in [0.3, 0.4) is 0 Å². The molecule has 1 atom stereocenters. The van der Waals surface area contributed by atoms with Gasteiger partial charge < -0.3 is 29.7 Å². The molecule has 0 bridgehead atoms. The van der Waals surface area contributed by atoms with Gasteiger partial charge in [0.15, 0.2) is 0 Å². The van der Waals surface area contributed by atoms with Gasteiger partial charge in [-0.2, -0.15) is 0 Å². The molecule has 4 heterocycles. The summed E-state index contributed by atoms with van der Waals surface area (Å²) >= 11 is 0. The zero-order valence-corrected chi connectivity index (χ0v) is 20.0. The van der Waals surface area contributed by atoms with Crippen molar-refractivity contribution < 1.29 is 23.3 Å². The standard InChI is InChI=1S/C26H33FN4O4/c1-2-33-24(29-28)31-14-26(15-31)10-20(13-34-26)30-7-5-18(6-8-30)22-9-19(27)3-4-23(22)35-21-11-25(12-21)16-32-17-25/h1,3-4,9,18,20-21H,5-8,10-17,28H2/b29-24-/t20-/m0/s1. The highest BCUT2D eigenvalue weighted by Crippen LogP contribution is 2.49. The largest absolute Gasteiger partial charge is 0.490 e. The maximum Gasteiger partial charge on any atom is 0.323 e. The van der Waals surface area contributed by atoms with Crippen LogP contribution in [0.15, 0.2) is 23.3 Å². The van der Waals surface area contributed by atoms with Gasteiger partial charge in [0.2, 0.25) is 0 Å². The van der Waals surface area contributed by atoms with Crippen LogP contribution in [0.25, 0.3) is 0 Å². The normalized spacial score (nSPS) is 28.3. The molecule has 4 aliphatic heterocycles. The van der Waals surface area contributed by atoms with E-state index in [-0.39, 0.29) is 23.5 Å². The molecular weight excluding hydrogens is 451 g/mol. The number of hydrogen-bond acceptors (Lipinski definition) is 7. The zero-order valence-electron chi connectivity index (χ0n) is 20.0. The van der Waals surface area contributed by atoms with Crippen LogP contribution in [-0.2, 0) is 14.2 Å². The molecular formula is C26H33FN4O4. The summed E-state index contributed by atoms with van der Waals surface area (Å²) in [4.78, 5) is 4.43. The van der Waals surface area contributed by atoms with Crippen molar-refractivity contribution in [1.29, 1.82) is 0 Å². The Morgan fingerprint density at radius 1 is 1.20 bits per heavy atom. The number of hydrazone groups is 1. The van der Waals surface area contributed by atoms with E-state index in [9.17, 15) is 4.39 Å². The second-order valence-electron chi connectivity index (χ2n) is 11.0. The van der Waals surface area contributed by atoms with Gasteiger partial charge in [0.05, 0.1) is 32.9 Å². The summed E-state index contributed by atoms with van der Waals surface area (Å²) in [5.41, 5.74) is 1.18. The van der Waals surface area contributed by atoms with E-state index < -0.39 is 0 Å². The Morgan fingerprint density at radius 3 is 2.63 bits per heavy atom. The highest BCUT2D eigenvalue weighted by atomic mass is 19.1. The first-order chi connectivity index (χ1) is 17.0. The van der Waals surface area contributed by atoms with Crippen molar-refractivity contribution in [2.24, 2.45) is 16.4 Å². The number of nitrogens with zero attached hydrogens (tertiary/aromatic N) is 3. The molecule has 2 N–H and O–H groups in total. The molecule has 0 amide bonds. The average Bonchev–Trinajstić information content (AvgIpc) is 3.24. The number of hydrogen-bond donors (Lipinski definition) is 1. The molecule has 188 valence electrons. The van der Waals surface area contributed by atoms with Crippen molar-refractivity contribution in [1.82, 2.24) is 9.80 Å². The lowest BCUT2D eigenvalue weighted by atomic mass is 9.65. The predicted octanol–water partition coefficient (Wildman–Crippen LogP) is 2.24. The summed E-state index contributed by atoms with van der Waals surface area (Å²) in [6.45, 7) is 5.71. The fourth-order valence-corrected chi connectivity index (χ4v) is 6.60. The smallest absolute Gasteiger partial charge is 0.323 e. The van der Waals surface area contributed by atoms with Crippen LogP contribution in [-0.4, -0.2) is 79.6 Å². The highest BCUT2D eigenvalue weighted by Gasteiger charge is 2.53. The Balaban J connectivity index is 1.03. The fourth-order valence-electron chi connectivity index (χ4n) is 6.60. The van der Waals surface area contributed by atoms with Crippen LogP contribution >= 0.6 is 0 Å². The van der Waals surface area contributed by atoms with Crippen molar-refractivity contribution in [3.63, 3.8) is 0 Å². The number of rotatable bonds is 4. The van der Waals surface area contributed by atoms with E-state index in [1.807, 2.05) is 11.0 Å². The minimum atomic E-state index is -0.192. The maximum absolute atomic E-state index is 14.2. The van der Waals surface area contributed by atoms with Crippen LogP contribution in [0.1, 0.15) is 43.6 Å². The van der Waals surface area contributed by atoms with Crippen molar-refractivity contribution >= 4 is 6.02 Å². The molecule has 1 saturated carbocycles. The summed E-state index contributed by atoms with van der Waals surface area (Å²) in [5, 5.41) is 3.62. The van der Waals surface area contributed by atoms with Gasteiger partial charge in [-0.1, -0.05) is 6.42 Å². The number of halogens is 1. The van der Waals surface area contributed by atoms with Crippen molar-refractivity contribution in [2.45, 2.75) is 55.8 Å². The van der Waals surface area contributed by atoms with Crippen LogP contribution < -0.4 is 10.6 Å². The fraction of sp³-hybridized carbons (Fsp3) is 0.654. The third-order valence-electron chi connectivity index (χ3n) is 8.57. The van der Waals surface area contributed by atoms with Gasteiger partial charge in [0, 0.05) is 17.0 Å². The minimum absolute atomic E-state index is 0.190. The predicted molar refractivity (Wildman–Crippen MR) is 127 cm³/mol. The van der Waals surface area contributed by atoms with E-state index in [4.69, 9.17) is 31.2 Å². The molecule has 6 rings (SSSR count). The summed E-state index contributed by atoms with van der Waals surface area (Å²) < 4.78 is 37.2. The van der Waals surface area contributed by atoms with Crippen LogP contribution in [0.4, 0.5) is 4.39 Å². The van der Waals surface area contributed by atoms with E-state index in [0.717, 1.165) is 69.7 Å². The quantitative estimate of drug-likeness (QED) is 0.231. The minimum Gasteiger partial charge on any atom is -0.490 e. The Hall–Kier alpha value is -2.54. The molecule has 9 heteroatoms. The molecule has 0 unspecified atom stereocenters. The molecule has 2 spiro atoms. The Morgan fingerprint density at radius 2 is 1.97 bits per heavy atom. The highest BCUT2D eigenvalue weighted by molar-refractivity contribution is 5.75. The first kappa shape index (κ1) is 22.9. The van der Waals surface area contributed by atoms with Crippen LogP contribution in [0.2, 0.25) is 0 Å². The second-order valence-corrected chi connectivity index (χ2v) is 11.0. The van der Waals surface area contributed by atoms with Gasteiger partial charge in [-0.15, -0.1) is 5.10 Å². The Labute approximate surface area is 205 Å². The van der Waals surface area contributed by atoms with Crippen molar-refractivity contribution in [3.05, 3.63) is 29.6 Å². The van der Waals surface area contributed by atoms with Crippen LogP contribution in [0.5, 0.6) is 5.75 Å². The number of nitrogens with two attached hydrogens (primary N) is 1. The molecule has 1 aliphatic carbocycles. The number of likely N-dealkylation sites (tertiary alicyclic amines) is 2. The molecule has 1 aromatic carbocycles. The topological polar surface area (TPSA) is 81.8 Å². The third-order valence-corrected chi connectivity index (χ3v) is 8.57. The van der Waals surface area contributed by atoms with Gasteiger partial charge in [-0.05, 0) is 69.3 Å². The number of piperidine rings is 1. The number of terminal acetylenes is 1. The molecule has 5 fully saturated rings. The first-order valence-corrected chi connectivity index (χ1v) is 12.6. The number of benzene rings is 1. The maximum atomic E-state index is 14.2. The summed E-state index contributed by atoms with van der Waals surface area (Å²) in [7, 11) is 0. The number of ether oxygens (including phenoxy) is 4. The summed E-state index contributed by atoms with van der Waals surface area (Å²) in [6.07, 6.45) is 12.5. The van der Waals surface area contributed by atoms with E-state index in [1.54, 1.807) is 6.07 Å². The molecule has 1 aromatic rings. The Kier molecular flexibility index (Phi) is 5.78. The Bertz CT molecular complexity index is 1020. The molecule has 0 aromatic heterocycles. The van der Waals surface area contributed by atoms with Crippen LogP contribution in [0, 0.1) is 23.8 Å². The van der Waals surface area contributed by atoms with E-state index in [0.29, 0.717) is 37.1 Å². The lowest BCUT2D eigenvalue weighted by molar-refractivity contribution is -0.191. The summed E-state index contributed by atoms with van der Waals surface area (Å²) in [5.74, 6) is 6.35. The van der Waals surface area contributed by atoms with E-state index in [1.165, 1.54) is 6.07 Å². The van der Waals surface area contributed by atoms with Crippen molar-refractivity contribution in [3.8, 4) is 18.3 Å². The molecule has 0 radical (unpaired) electrons. The first-order valence-electron chi connectivity index (χ1n) is 12.6. The van der Waals surface area contributed by atoms with Gasteiger partial charge in [0.1, 0.15) is 29.4 Å². The third kappa shape index (κ3) is 4.22. The number of amidine groups is 1. The van der Waals surface area contributed by atoms with Crippen molar-refractivity contribution in [2.75, 3.05) is 46.0 Å². The second kappa shape index (κ2) is 8.84. The SMILES string of the molecule is C#CO/C(=N\N)N1CC2(C[C@H](N3CCC(c4cc(F)ccc4OC4CC5(COC5)C4)CC3)CO2)C1. The van der Waals surface area contributed by atoms with Gasteiger partial charge in [-0.3, -0.25) is 4.90 Å². The van der Waals surface area contributed by atoms with Gasteiger partial charge in [-0.25, -0.2) is 4.39 Å². The monoisotopic (exact) mass is 484 g/mol. The molecule has 8 nitrogen and oxygen atoms in total.